The number of nitrogens with zero attached hydrogens (tertiary/aromatic N) is 4. The van der Waals surface area contributed by atoms with Crippen LogP contribution in [0.15, 0.2) is 48.8 Å². The van der Waals surface area contributed by atoms with Gasteiger partial charge in [0.25, 0.3) is 0 Å². The first-order valence-electron chi connectivity index (χ1n) is 8.69. The van der Waals surface area contributed by atoms with Crippen molar-refractivity contribution in [2.24, 2.45) is 0 Å². The second-order valence-corrected chi connectivity index (χ2v) is 6.67. The van der Waals surface area contributed by atoms with Crippen molar-refractivity contribution in [2.75, 3.05) is 5.73 Å². The van der Waals surface area contributed by atoms with Gasteiger partial charge in [0.2, 0.25) is 0 Å². The number of rotatable bonds is 2. The minimum Gasteiger partial charge on any atom is -0.505 e. The molecule has 7 heteroatoms. The molecule has 0 radical (unpaired) electrons. The Morgan fingerprint density at radius 2 is 2.00 bits per heavy atom. The van der Waals surface area contributed by atoms with E-state index in [4.69, 9.17) is 10.8 Å². The van der Waals surface area contributed by atoms with Crippen molar-refractivity contribution in [3.05, 3.63) is 65.7 Å². The summed E-state index contributed by atoms with van der Waals surface area (Å²) in [6.45, 7) is 0. The van der Waals surface area contributed by atoms with Crippen LogP contribution in [0, 0.1) is 5.82 Å². The van der Waals surface area contributed by atoms with Crippen molar-refractivity contribution in [3.63, 3.8) is 0 Å². The summed E-state index contributed by atoms with van der Waals surface area (Å²) in [4.78, 5) is 8.51. The Bertz CT molecular complexity index is 1190. The van der Waals surface area contributed by atoms with E-state index in [0.717, 1.165) is 12.8 Å². The molecule has 0 spiro atoms. The van der Waals surface area contributed by atoms with Crippen LogP contribution in [0.4, 0.5) is 10.2 Å². The van der Waals surface area contributed by atoms with Crippen LogP contribution >= 0.6 is 0 Å². The van der Waals surface area contributed by atoms with Crippen LogP contribution in [0.1, 0.15) is 23.6 Å². The molecule has 1 aliphatic carbocycles. The Hall–Kier alpha value is -3.48. The highest BCUT2D eigenvalue weighted by molar-refractivity contribution is 5.98. The largest absolute Gasteiger partial charge is 0.505 e. The maximum Gasteiger partial charge on any atom is 0.164 e. The topological polar surface area (TPSA) is 89.8 Å². The minimum atomic E-state index is -0.684. The molecule has 0 fully saturated rings. The van der Waals surface area contributed by atoms with Crippen molar-refractivity contribution in [1.82, 2.24) is 19.7 Å². The van der Waals surface area contributed by atoms with Gasteiger partial charge < -0.3 is 10.8 Å². The van der Waals surface area contributed by atoms with Crippen LogP contribution in [0.25, 0.3) is 22.3 Å². The number of hydrogen-bond acceptors (Lipinski definition) is 5. The van der Waals surface area contributed by atoms with E-state index in [1.165, 1.54) is 29.6 Å². The maximum absolute atomic E-state index is 13.5. The molecule has 0 bridgehead atoms. The van der Waals surface area contributed by atoms with Gasteiger partial charge in [0.1, 0.15) is 17.8 Å². The quantitative estimate of drug-likeness (QED) is 0.571. The lowest BCUT2D eigenvalue weighted by Gasteiger charge is -2.13. The number of fused-ring (bicyclic) bond motifs is 2. The fraction of sp³-hybridized carbons (Fsp3) is 0.150. The molecule has 1 aliphatic rings. The smallest absolute Gasteiger partial charge is 0.164 e. The molecule has 1 atom stereocenters. The normalized spacial score (nSPS) is 16.0. The number of nitrogens with two attached hydrogens (primary N) is 1. The zero-order chi connectivity index (χ0) is 18.5. The molecule has 4 aromatic rings. The molecule has 2 aromatic carbocycles. The first kappa shape index (κ1) is 15.7. The van der Waals surface area contributed by atoms with Crippen molar-refractivity contribution in [3.8, 4) is 17.0 Å². The SMILES string of the molecule is Nc1ncnc2c1c(-c1ccc(F)c(O)c1)nn2C1CCc2ccccc21. The Kier molecular flexibility index (Phi) is 3.36. The third-order valence-corrected chi connectivity index (χ3v) is 5.13. The molecule has 1 unspecified atom stereocenters. The van der Waals surface area contributed by atoms with Crippen molar-refractivity contribution in [1.29, 1.82) is 0 Å². The molecule has 5 rings (SSSR count). The first-order chi connectivity index (χ1) is 13.1. The number of hydrogen-bond donors (Lipinski definition) is 2. The van der Waals surface area contributed by atoms with Gasteiger partial charge in [0, 0.05) is 5.56 Å². The lowest BCUT2D eigenvalue weighted by molar-refractivity contribution is 0.432. The van der Waals surface area contributed by atoms with E-state index in [0.29, 0.717) is 28.1 Å². The number of phenolic OH excluding ortho intramolecular Hbond substituents is 1. The van der Waals surface area contributed by atoms with Crippen molar-refractivity contribution >= 4 is 16.9 Å². The zero-order valence-electron chi connectivity index (χ0n) is 14.3. The first-order valence-corrected chi connectivity index (χ1v) is 8.69. The van der Waals surface area contributed by atoms with E-state index in [9.17, 15) is 9.50 Å². The number of aryl methyl sites for hydroxylation is 1. The third kappa shape index (κ3) is 2.35. The third-order valence-electron chi connectivity index (χ3n) is 5.13. The summed E-state index contributed by atoms with van der Waals surface area (Å²) in [7, 11) is 0. The predicted octanol–water partition coefficient (Wildman–Crippen LogP) is 3.46. The molecule has 0 amide bonds. The Balaban J connectivity index is 1.76. The molecule has 2 heterocycles. The summed E-state index contributed by atoms with van der Waals surface area (Å²) in [5.74, 6) is -0.815. The van der Waals surface area contributed by atoms with E-state index in [1.807, 2.05) is 16.8 Å². The molecule has 27 heavy (non-hydrogen) atoms. The summed E-state index contributed by atoms with van der Waals surface area (Å²) in [6.07, 6.45) is 3.30. The van der Waals surface area contributed by atoms with Gasteiger partial charge in [-0.25, -0.2) is 19.0 Å². The number of halogens is 1. The fourth-order valence-corrected chi connectivity index (χ4v) is 3.86. The van der Waals surface area contributed by atoms with Gasteiger partial charge >= 0.3 is 0 Å². The van der Waals surface area contributed by atoms with Crippen LogP contribution in [0.2, 0.25) is 0 Å². The summed E-state index contributed by atoms with van der Waals surface area (Å²) < 4.78 is 15.4. The zero-order valence-corrected chi connectivity index (χ0v) is 14.3. The van der Waals surface area contributed by atoms with Crippen LogP contribution < -0.4 is 5.73 Å². The van der Waals surface area contributed by atoms with Crippen molar-refractivity contribution < 1.29 is 9.50 Å². The molecule has 0 saturated carbocycles. The van der Waals surface area contributed by atoms with Gasteiger partial charge in [-0.2, -0.15) is 5.10 Å². The van der Waals surface area contributed by atoms with Gasteiger partial charge in [-0.15, -0.1) is 0 Å². The minimum absolute atomic E-state index is 0.0424. The molecular formula is C20H16FN5O. The monoisotopic (exact) mass is 361 g/mol. The van der Waals surface area contributed by atoms with Crippen LogP contribution in [-0.4, -0.2) is 24.9 Å². The van der Waals surface area contributed by atoms with E-state index < -0.39 is 11.6 Å². The Morgan fingerprint density at radius 1 is 1.15 bits per heavy atom. The Labute approximate surface area is 154 Å². The highest BCUT2D eigenvalue weighted by Crippen LogP contribution is 2.39. The second-order valence-electron chi connectivity index (χ2n) is 6.67. The Morgan fingerprint density at radius 3 is 2.85 bits per heavy atom. The van der Waals surface area contributed by atoms with Gasteiger partial charge in [-0.3, -0.25) is 0 Å². The number of nitrogen functional groups attached to an aromatic ring is 1. The lowest BCUT2D eigenvalue weighted by Crippen LogP contribution is -2.10. The fourth-order valence-electron chi connectivity index (χ4n) is 3.86. The van der Waals surface area contributed by atoms with E-state index in [-0.39, 0.29) is 6.04 Å². The maximum atomic E-state index is 13.5. The van der Waals surface area contributed by atoms with Crippen LogP contribution in [0.5, 0.6) is 5.75 Å². The molecular weight excluding hydrogens is 345 g/mol. The van der Waals surface area contributed by atoms with Gasteiger partial charge in [-0.1, -0.05) is 24.3 Å². The summed E-state index contributed by atoms with van der Waals surface area (Å²) in [5.41, 5.74) is 10.4. The number of aromatic nitrogens is 4. The summed E-state index contributed by atoms with van der Waals surface area (Å²) >= 11 is 0. The number of benzene rings is 2. The molecule has 134 valence electrons. The summed E-state index contributed by atoms with van der Waals surface area (Å²) in [6, 6.07) is 12.5. The van der Waals surface area contributed by atoms with E-state index in [2.05, 4.69) is 22.1 Å². The average Bonchev–Trinajstić information content (AvgIpc) is 3.26. The number of aromatic hydroxyl groups is 1. The highest BCUT2D eigenvalue weighted by atomic mass is 19.1. The molecule has 6 nitrogen and oxygen atoms in total. The molecule has 3 N–H and O–H groups in total. The van der Waals surface area contributed by atoms with Gasteiger partial charge in [-0.05, 0) is 42.2 Å². The molecule has 2 aromatic heterocycles. The van der Waals surface area contributed by atoms with E-state index >= 15 is 0 Å². The van der Waals surface area contributed by atoms with Gasteiger partial charge in [0.05, 0.1) is 11.4 Å². The number of phenols is 1. The highest BCUT2D eigenvalue weighted by Gasteiger charge is 2.28. The standard InChI is InChI=1S/C20H16FN5O/c21-14-7-5-12(9-16(14)27)18-17-19(22)23-10-24-20(17)26(25-18)15-8-6-11-3-1-2-4-13(11)15/h1-5,7,9-10,15,27H,6,8H2,(H2,22,23,24). The lowest BCUT2D eigenvalue weighted by atomic mass is 10.1. The van der Waals surface area contributed by atoms with Gasteiger partial charge in [0.15, 0.2) is 17.2 Å². The van der Waals surface area contributed by atoms with Crippen LogP contribution in [0.3, 0.4) is 0 Å². The van der Waals surface area contributed by atoms with Crippen molar-refractivity contribution in [2.45, 2.75) is 18.9 Å². The molecule has 0 aliphatic heterocycles. The average molecular weight is 361 g/mol. The van der Waals surface area contributed by atoms with Crippen LogP contribution in [-0.2, 0) is 6.42 Å². The second kappa shape index (κ2) is 5.77. The van der Waals surface area contributed by atoms with E-state index in [1.54, 1.807) is 6.07 Å². The molecule has 0 saturated heterocycles. The predicted molar refractivity (Wildman–Crippen MR) is 99.7 cm³/mol. The summed E-state index contributed by atoms with van der Waals surface area (Å²) in [5, 5.41) is 15.2. The number of anilines is 1.